The highest BCUT2D eigenvalue weighted by Gasteiger charge is 2.18. The van der Waals surface area contributed by atoms with Crippen molar-refractivity contribution in [3.63, 3.8) is 0 Å². The molecule has 0 saturated carbocycles. The number of carbonyl (C=O) groups excluding carboxylic acids is 1. The lowest BCUT2D eigenvalue weighted by atomic mass is 9.92. The van der Waals surface area contributed by atoms with E-state index in [2.05, 4.69) is 53.5 Å². The zero-order valence-electron chi connectivity index (χ0n) is 18.3. The highest BCUT2D eigenvalue weighted by molar-refractivity contribution is 5.80. The molecular weight excluding hydrogens is 372 g/mol. The molecule has 30 heavy (non-hydrogen) atoms. The molecule has 1 amide bonds. The summed E-state index contributed by atoms with van der Waals surface area (Å²) in [7, 11) is 0. The summed E-state index contributed by atoms with van der Waals surface area (Å²) < 4.78 is 5.92. The lowest BCUT2D eigenvalue weighted by molar-refractivity contribution is -0.127. The first-order valence-corrected chi connectivity index (χ1v) is 11.5. The molecule has 0 radical (unpaired) electrons. The summed E-state index contributed by atoms with van der Waals surface area (Å²) in [6.07, 6.45) is 6.85. The van der Waals surface area contributed by atoms with Crippen molar-refractivity contribution in [1.29, 1.82) is 0 Å². The molecule has 2 aromatic carbocycles. The highest BCUT2D eigenvalue weighted by Crippen LogP contribution is 2.26. The van der Waals surface area contributed by atoms with Gasteiger partial charge in [0.05, 0.1) is 0 Å². The number of hydrogen-bond acceptors (Lipinski definition) is 3. The van der Waals surface area contributed by atoms with Crippen molar-refractivity contribution < 1.29 is 9.53 Å². The lowest BCUT2D eigenvalue weighted by Crippen LogP contribution is -2.36. The first-order valence-electron chi connectivity index (χ1n) is 11.5. The van der Waals surface area contributed by atoms with Gasteiger partial charge >= 0.3 is 0 Å². The maximum Gasteiger partial charge on any atom is 0.261 e. The second kappa shape index (κ2) is 9.55. The zero-order valence-corrected chi connectivity index (χ0v) is 18.3. The molecule has 4 heteroatoms. The Morgan fingerprint density at radius 1 is 1.10 bits per heavy atom. The Bertz CT molecular complexity index is 862. The maximum atomic E-state index is 12.5. The predicted molar refractivity (Wildman–Crippen MR) is 122 cm³/mol. The zero-order chi connectivity index (χ0) is 20.9. The number of piperidine rings is 1. The first-order chi connectivity index (χ1) is 14.6. The monoisotopic (exact) mass is 406 g/mol. The van der Waals surface area contributed by atoms with Crippen molar-refractivity contribution in [2.75, 3.05) is 18.0 Å². The Morgan fingerprint density at radius 2 is 1.87 bits per heavy atom. The second-order valence-corrected chi connectivity index (χ2v) is 8.98. The molecule has 2 atom stereocenters. The third-order valence-electron chi connectivity index (χ3n) is 6.43. The number of fused-ring (bicyclic) bond motifs is 1. The molecule has 1 saturated heterocycles. The van der Waals surface area contributed by atoms with Gasteiger partial charge < -0.3 is 15.0 Å². The number of nitrogens with one attached hydrogen (secondary N) is 1. The summed E-state index contributed by atoms with van der Waals surface area (Å²) in [4.78, 5) is 15.0. The van der Waals surface area contributed by atoms with E-state index in [1.54, 1.807) is 0 Å². The van der Waals surface area contributed by atoms with Gasteiger partial charge in [0, 0.05) is 25.3 Å². The van der Waals surface area contributed by atoms with Gasteiger partial charge in [0.25, 0.3) is 5.91 Å². The van der Waals surface area contributed by atoms with Crippen LogP contribution >= 0.6 is 0 Å². The molecule has 0 unspecified atom stereocenters. The van der Waals surface area contributed by atoms with Crippen LogP contribution in [0.15, 0.2) is 42.5 Å². The van der Waals surface area contributed by atoms with E-state index in [1.165, 1.54) is 42.5 Å². The third kappa shape index (κ3) is 5.16. The number of ether oxygens (including phenoxy) is 1. The van der Waals surface area contributed by atoms with Gasteiger partial charge in [-0.25, -0.2) is 0 Å². The van der Waals surface area contributed by atoms with Crippen LogP contribution in [0.3, 0.4) is 0 Å². The van der Waals surface area contributed by atoms with Gasteiger partial charge in [-0.2, -0.15) is 0 Å². The van der Waals surface area contributed by atoms with Crippen molar-refractivity contribution in [3.05, 3.63) is 59.2 Å². The van der Waals surface area contributed by atoms with Crippen molar-refractivity contribution in [2.24, 2.45) is 5.92 Å². The standard InChI is InChI=1S/C26H34N2O2/c1-19-6-5-15-28(18-19)24-12-9-21(10-13-24)17-27-26(29)20(2)30-25-14-11-22-7-3-4-8-23(22)16-25/h9-14,16,19-20H,3-8,15,17-18H2,1-2H3,(H,27,29)/t19-,20-/m0/s1. The Hall–Kier alpha value is -2.49. The lowest BCUT2D eigenvalue weighted by Gasteiger charge is -2.32. The molecule has 0 aromatic heterocycles. The molecule has 2 aromatic rings. The number of anilines is 1. The summed E-state index contributed by atoms with van der Waals surface area (Å²) in [6, 6.07) is 14.8. The molecule has 4 nitrogen and oxygen atoms in total. The Labute approximate surface area is 180 Å². The second-order valence-electron chi connectivity index (χ2n) is 8.98. The normalized spacial score (nSPS) is 19.7. The van der Waals surface area contributed by atoms with Gasteiger partial charge in [-0.15, -0.1) is 0 Å². The van der Waals surface area contributed by atoms with Crippen molar-refractivity contribution in [3.8, 4) is 5.75 Å². The van der Waals surface area contributed by atoms with Crippen LogP contribution < -0.4 is 15.0 Å². The SMILES string of the molecule is C[C@H]1CCCN(c2ccc(CNC(=O)[C@H](C)Oc3ccc4c(c3)CCCC4)cc2)C1. The third-order valence-corrected chi connectivity index (χ3v) is 6.43. The predicted octanol–water partition coefficient (Wildman–Crippen LogP) is 4.89. The van der Waals surface area contributed by atoms with E-state index < -0.39 is 6.10 Å². The Morgan fingerprint density at radius 3 is 2.63 bits per heavy atom. The van der Waals surface area contributed by atoms with E-state index in [-0.39, 0.29) is 5.91 Å². The van der Waals surface area contributed by atoms with Gasteiger partial charge in [-0.3, -0.25) is 4.79 Å². The molecule has 1 aliphatic heterocycles. The average Bonchev–Trinajstić information content (AvgIpc) is 2.77. The number of amides is 1. The highest BCUT2D eigenvalue weighted by atomic mass is 16.5. The molecule has 1 heterocycles. The fourth-order valence-corrected chi connectivity index (χ4v) is 4.62. The molecule has 1 N–H and O–H groups in total. The van der Waals surface area contributed by atoms with Gasteiger partial charge in [-0.1, -0.05) is 25.1 Å². The minimum atomic E-state index is -0.513. The van der Waals surface area contributed by atoms with E-state index in [4.69, 9.17) is 4.74 Å². The van der Waals surface area contributed by atoms with Crippen LogP contribution in [0, 0.1) is 5.92 Å². The summed E-state index contributed by atoms with van der Waals surface area (Å²) >= 11 is 0. The van der Waals surface area contributed by atoms with E-state index in [0.717, 1.165) is 43.2 Å². The van der Waals surface area contributed by atoms with Crippen molar-refractivity contribution in [1.82, 2.24) is 5.32 Å². The van der Waals surface area contributed by atoms with Crippen molar-refractivity contribution >= 4 is 11.6 Å². The van der Waals surface area contributed by atoms with Gasteiger partial charge in [0.2, 0.25) is 0 Å². The molecule has 1 aliphatic carbocycles. The molecule has 160 valence electrons. The summed E-state index contributed by atoms with van der Waals surface area (Å²) in [5, 5.41) is 3.01. The molecule has 4 rings (SSSR count). The van der Waals surface area contributed by atoms with E-state index in [0.29, 0.717) is 6.54 Å². The van der Waals surface area contributed by atoms with Gasteiger partial charge in [0.15, 0.2) is 6.10 Å². The summed E-state index contributed by atoms with van der Waals surface area (Å²) in [5.41, 5.74) is 5.18. The largest absolute Gasteiger partial charge is 0.481 e. The van der Waals surface area contributed by atoms with Crippen LogP contribution in [0.5, 0.6) is 5.75 Å². The van der Waals surface area contributed by atoms with Crippen LogP contribution in [-0.4, -0.2) is 25.1 Å². The number of carbonyl (C=O) groups is 1. The number of benzene rings is 2. The smallest absolute Gasteiger partial charge is 0.261 e. The van der Waals surface area contributed by atoms with E-state index >= 15 is 0 Å². The molecule has 2 aliphatic rings. The number of nitrogens with zero attached hydrogens (tertiary/aromatic N) is 1. The minimum Gasteiger partial charge on any atom is -0.481 e. The Balaban J connectivity index is 1.27. The van der Waals surface area contributed by atoms with Crippen molar-refractivity contribution in [2.45, 2.75) is 65.0 Å². The van der Waals surface area contributed by atoms with E-state index in [9.17, 15) is 4.79 Å². The fraction of sp³-hybridized carbons (Fsp3) is 0.500. The van der Waals surface area contributed by atoms with Gasteiger partial charge in [-0.05, 0) is 92.3 Å². The van der Waals surface area contributed by atoms with Crippen LogP contribution in [-0.2, 0) is 24.2 Å². The molecule has 0 spiro atoms. The number of rotatable bonds is 6. The van der Waals surface area contributed by atoms with Gasteiger partial charge in [0.1, 0.15) is 5.75 Å². The summed E-state index contributed by atoms with van der Waals surface area (Å²) in [6.45, 7) is 6.93. The average molecular weight is 407 g/mol. The molecule has 1 fully saturated rings. The molecule has 0 bridgehead atoms. The number of hydrogen-bond donors (Lipinski definition) is 1. The van der Waals surface area contributed by atoms with E-state index in [1.807, 2.05) is 13.0 Å². The topological polar surface area (TPSA) is 41.6 Å². The van der Waals surface area contributed by atoms with Crippen LogP contribution in [0.2, 0.25) is 0 Å². The van der Waals surface area contributed by atoms with Crippen LogP contribution in [0.1, 0.15) is 56.2 Å². The van der Waals surface area contributed by atoms with Crippen LogP contribution in [0.25, 0.3) is 0 Å². The Kier molecular flexibility index (Phi) is 6.61. The molecular formula is C26H34N2O2. The summed E-state index contributed by atoms with van der Waals surface area (Å²) in [5.74, 6) is 1.47. The number of aryl methyl sites for hydroxylation is 2. The minimum absolute atomic E-state index is 0.0818. The quantitative estimate of drug-likeness (QED) is 0.743. The van der Waals surface area contributed by atoms with Crippen LogP contribution in [0.4, 0.5) is 5.69 Å². The maximum absolute atomic E-state index is 12.5. The fourth-order valence-electron chi connectivity index (χ4n) is 4.62. The first kappa shape index (κ1) is 20.8.